The average Bonchev–Trinajstić information content (AvgIpc) is 2.94. The lowest BCUT2D eigenvalue weighted by Gasteiger charge is -2.25. The fraction of sp³-hybridized carbons (Fsp3) is 0.286. The van der Waals surface area contributed by atoms with Gasteiger partial charge in [0.2, 0.25) is 5.79 Å². The summed E-state index contributed by atoms with van der Waals surface area (Å²) in [5.74, 6) is -0.0669. The van der Waals surface area contributed by atoms with Gasteiger partial charge in [0, 0.05) is 54.3 Å². The van der Waals surface area contributed by atoms with Gasteiger partial charge in [-0.05, 0) is 48.9 Å². The van der Waals surface area contributed by atoms with Crippen LogP contribution < -0.4 is 20.1 Å². The van der Waals surface area contributed by atoms with Gasteiger partial charge in [-0.25, -0.2) is 0 Å². The van der Waals surface area contributed by atoms with Crippen molar-refractivity contribution < 1.29 is 28.5 Å². The Morgan fingerprint density at radius 1 is 0.865 bits per heavy atom. The van der Waals surface area contributed by atoms with Gasteiger partial charge >= 0.3 is 0 Å². The van der Waals surface area contributed by atoms with Gasteiger partial charge in [-0.1, -0.05) is 24.3 Å². The molecule has 37 heavy (non-hydrogen) atoms. The molecular formula is C28H32N2O6S. The summed E-state index contributed by atoms with van der Waals surface area (Å²) in [6, 6.07) is 20.4. The van der Waals surface area contributed by atoms with Crippen molar-refractivity contribution in [1.82, 2.24) is 5.32 Å². The Morgan fingerprint density at radius 2 is 1.62 bits per heavy atom. The standard InChI is InChI=1S/C28H32N2O6S/c1-28(35-4,36-5)27(32)30-24-12-7-6-9-21(24)18-37-23-11-8-10-19(15-23)26(31)29-17-20-13-14-22(33-2)16-25(20)34-3/h6-16H,17-18H2,1-5H3,(H,29,31)(H,30,32). The number of carbonyl (C=O) groups excluding carboxylic acids is 2. The summed E-state index contributed by atoms with van der Waals surface area (Å²) in [4.78, 5) is 26.4. The van der Waals surface area contributed by atoms with Crippen molar-refractivity contribution in [1.29, 1.82) is 0 Å². The van der Waals surface area contributed by atoms with Crippen LogP contribution in [0.5, 0.6) is 11.5 Å². The summed E-state index contributed by atoms with van der Waals surface area (Å²) < 4.78 is 21.0. The average molecular weight is 525 g/mol. The lowest BCUT2D eigenvalue weighted by Crippen LogP contribution is -2.43. The molecule has 0 fully saturated rings. The van der Waals surface area contributed by atoms with Gasteiger partial charge in [0.1, 0.15) is 11.5 Å². The van der Waals surface area contributed by atoms with Crippen LogP contribution in [-0.2, 0) is 26.6 Å². The summed E-state index contributed by atoms with van der Waals surface area (Å²) in [6.07, 6.45) is 0. The molecule has 0 radical (unpaired) electrons. The van der Waals surface area contributed by atoms with Crippen molar-refractivity contribution in [3.8, 4) is 11.5 Å². The van der Waals surface area contributed by atoms with Crippen LogP contribution >= 0.6 is 11.8 Å². The van der Waals surface area contributed by atoms with Crippen molar-refractivity contribution in [2.24, 2.45) is 0 Å². The molecule has 0 aliphatic heterocycles. The summed E-state index contributed by atoms with van der Waals surface area (Å²) >= 11 is 1.56. The Bertz CT molecular complexity index is 1230. The van der Waals surface area contributed by atoms with Crippen molar-refractivity contribution in [2.45, 2.75) is 29.9 Å². The minimum Gasteiger partial charge on any atom is -0.497 e. The Labute approximate surface area is 221 Å². The molecule has 0 saturated carbocycles. The molecular weight excluding hydrogens is 492 g/mol. The van der Waals surface area contributed by atoms with Crippen molar-refractivity contribution in [2.75, 3.05) is 33.8 Å². The summed E-state index contributed by atoms with van der Waals surface area (Å²) in [7, 11) is 6.01. The first-order valence-electron chi connectivity index (χ1n) is 11.5. The maximum absolute atomic E-state index is 12.8. The van der Waals surface area contributed by atoms with E-state index in [0.29, 0.717) is 35.0 Å². The smallest absolute Gasteiger partial charge is 0.284 e. The molecule has 0 unspecified atom stereocenters. The number of hydrogen-bond donors (Lipinski definition) is 2. The fourth-order valence-electron chi connectivity index (χ4n) is 3.44. The molecule has 2 N–H and O–H groups in total. The molecule has 0 atom stereocenters. The molecule has 0 spiro atoms. The SMILES string of the molecule is COc1ccc(CNC(=O)c2cccc(SCc3ccccc3NC(=O)C(C)(OC)OC)c2)c(OC)c1. The zero-order valence-corrected chi connectivity index (χ0v) is 22.4. The maximum atomic E-state index is 12.8. The number of rotatable bonds is 12. The van der Waals surface area contributed by atoms with E-state index in [1.54, 1.807) is 45.0 Å². The van der Waals surface area contributed by atoms with Gasteiger partial charge in [-0.3, -0.25) is 9.59 Å². The Hall–Kier alpha value is -3.53. The molecule has 0 aliphatic rings. The first kappa shape index (κ1) is 28.0. The van der Waals surface area contributed by atoms with Crippen LogP contribution in [0.1, 0.15) is 28.4 Å². The largest absolute Gasteiger partial charge is 0.497 e. The van der Waals surface area contributed by atoms with Crippen LogP contribution in [0.4, 0.5) is 5.69 Å². The third kappa shape index (κ3) is 7.25. The summed E-state index contributed by atoms with van der Waals surface area (Å²) in [5.41, 5.74) is 2.99. The lowest BCUT2D eigenvalue weighted by molar-refractivity contribution is -0.195. The van der Waals surface area contributed by atoms with Crippen LogP contribution in [0.15, 0.2) is 71.6 Å². The number of thioether (sulfide) groups is 1. The van der Waals surface area contributed by atoms with E-state index in [9.17, 15) is 9.59 Å². The second-order valence-electron chi connectivity index (χ2n) is 8.14. The highest BCUT2D eigenvalue weighted by Gasteiger charge is 2.33. The lowest BCUT2D eigenvalue weighted by atomic mass is 10.1. The van der Waals surface area contributed by atoms with Crippen LogP contribution in [0.3, 0.4) is 0 Å². The van der Waals surface area contributed by atoms with E-state index in [-0.39, 0.29) is 5.91 Å². The minimum atomic E-state index is -1.39. The van der Waals surface area contributed by atoms with Crippen LogP contribution in [0, 0.1) is 0 Å². The predicted octanol–water partition coefficient (Wildman–Crippen LogP) is 4.87. The molecule has 196 valence electrons. The van der Waals surface area contributed by atoms with Crippen molar-refractivity contribution in [3.63, 3.8) is 0 Å². The van der Waals surface area contributed by atoms with E-state index < -0.39 is 11.7 Å². The third-order valence-electron chi connectivity index (χ3n) is 5.88. The number of hydrogen-bond acceptors (Lipinski definition) is 7. The van der Waals surface area contributed by atoms with Gasteiger partial charge < -0.3 is 29.6 Å². The van der Waals surface area contributed by atoms with Gasteiger partial charge in [0.25, 0.3) is 11.8 Å². The number of anilines is 1. The van der Waals surface area contributed by atoms with E-state index in [2.05, 4.69) is 10.6 Å². The van der Waals surface area contributed by atoms with Gasteiger partial charge in [-0.2, -0.15) is 0 Å². The Balaban J connectivity index is 1.65. The monoisotopic (exact) mass is 524 g/mol. The first-order chi connectivity index (χ1) is 17.8. The molecule has 3 aromatic rings. The highest BCUT2D eigenvalue weighted by atomic mass is 32.2. The summed E-state index contributed by atoms with van der Waals surface area (Å²) in [5, 5.41) is 5.83. The topological polar surface area (TPSA) is 95.1 Å². The van der Waals surface area contributed by atoms with Gasteiger partial charge in [-0.15, -0.1) is 11.8 Å². The number of carbonyl (C=O) groups is 2. The molecule has 8 nitrogen and oxygen atoms in total. The second kappa shape index (κ2) is 13.1. The molecule has 9 heteroatoms. The highest BCUT2D eigenvalue weighted by Crippen LogP contribution is 2.28. The van der Waals surface area contributed by atoms with E-state index >= 15 is 0 Å². The van der Waals surface area contributed by atoms with Gasteiger partial charge in [0.05, 0.1) is 14.2 Å². The molecule has 3 aromatic carbocycles. The Kier molecular flexibility index (Phi) is 9.96. The molecule has 0 heterocycles. The van der Waals surface area contributed by atoms with Crippen LogP contribution in [0.2, 0.25) is 0 Å². The zero-order chi connectivity index (χ0) is 26.8. The van der Waals surface area contributed by atoms with Crippen molar-refractivity contribution >= 4 is 29.3 Å². The number of amides is 2. The molecule has 0 aromatic heterocycles. The summed E-state index contributed by atoms with van der Waals surface area (Å²) in [6.45, 7) is 1.87. The second-order valence-corrected chi connectivity index (χ2v) is 9.19. The van der Waals surface area contributed by atoms with E-state index in [1.807, 2.05) is 54.6 Å². The normalized spacial score (nSPS) is 11.1. The maximum Gasteiger partial charge on any atom is 0.284 e. The number of methoxy groups -OCH3 is 4. The number of para-hydroxylation sites is 1. The Morgan fingerprint density at radius 3 is 2.32 bits per heavy atom. The van der Waals surface area contributed by atoms with Gasteiger partial charge in [0.15, 0.2) is 0 Å². The van der Waals surface area contributed by atoms with E-state index in [0.717, 1.165) is 16.0 Å². The molecule has 0 bridgehead atoms. The minimum absolute atomic E-state index is 0.189. The molecule has 0 saturated heterocycles. The number of benzene rings is 3. The molecule has 2 amide bonds. The third-order valence-corrected chi connectivity index (χ3v) is 6.92. The fourth-order valence-corrected chi connectivity index (χ4v) is 4.40. The van der Waals surface area contributed by atoms with Crippen molar-refractivity contribution in [3.05, 3.63) is 83.4 Å². The zero-order valence-electron chi connectivity index (χ0n) is 21.6. The first-order valence-corrected chi connectivity index (χ1v) is 12.5. The number of ether oxygens (including phenoxy) is 4. The van der Waals surface area contributed by atoms with Crippen LogP contribution in [-0.4, -0.2) is 46.0 Å². The molecule has 0 aliphatic carbocycles. The highest BCUT2D eigenvalue weighted by molar-refractivity contribution is 7.98. The predicted molar refractivity (Wildman–Crippen MR) is 144 cm³/mol. The molecule has 3 rings (SSSR count). The van der Waals surface area contributed by atoms with E-state index in [4.69, 9.17) is 18.9 Å². The number of nitrogens with one attached hydrogen (secondary N) is 2. The van der Waals surface area contributed by atoms with E-state index in [1.165, 1.54) is 14.2 Å². The van der Waals surface area contributed by atoms with Crippen LogP contribution in [0.25, 0.3) is 0 Å². The quantitative estimate of drug-likeness (QED) is 0.258.